The molecular formula is C14H16FNO3. The van der Waals surface area contributed by atoms with Crippen LogP contribution >= 0.6 is 0 Å². The maximum absolute atomic E-state index is 13.7. The van der Waals surface area contributed by atoms with E-state index < -0.39 is 11.6 Å². The molecule has 102 valence electrons. The smallest absolute Gasteiger partial charge is 0.257 e. The molecule has 0 radical (unpaired) electrons. The number of carbonyl (C=O) groups excluding carboxylic acids is 1. The fourth-order valence-electron chi connectivity index (χ4n) is 2.70. The normalized spacial score (nSPS) is 21.8. The number of rotatable bonds is 1. The van der Waals surface area contributed by atoms with Gasteiger partial charge in [-0.15, -0.1) is 0 Å². The van der Waals surface area contributed by atoms with Crippen molar-refractivity contribution in [3.63, 3.8) is 0 Å². The van der Waals surface area contributed by atoms with Crippen LogP contribution in [0.5, 0.6) is 0 Å². The van der Waals surface area contributed by atoms with Gasteiger partial charge in [-0.05, 0) is 18.6 Å². The van der Waals surface area contributed by atoms with Gasteiger partial charge in [0.15, 0.2) is 5.79 Å². The zero-order valence-corrected chi connectivity index (χ0v) is 10.6. The predicted molar refractivity (Wildman–Crippen MR) is 66.2 cm³/mol. The van der Waals surface area contributed by atoms with Crippen LogP contribution in [0.4, 0.5) is 4.39 Å². The van der Waals surface area contributed by atoms with Crippen molar-refractivity contribution in [1.82, 2.24) is 4.90 Å². The average Bonchev–Trinajstić information content (AvgIpc) is 2.86. The number of hydrogen-bond donors (Lipinski definition) is 0. The Morgan fingerprint density at radius 2 is 2.00 bits per heavy atom. The lowest BCUT2D eigenvalue weighted by molar-refractivity contribution is -0.183. The maximum atomic E-state index is 13.7. The van der Waals surface area contributed by atoms with Crippen molar-refractivity contribution < 1.29 is 18.7 Å². The number of amides is 1. The van der Waals surface area contributed by atoms with Crippen molar-refractivity contribution in [2.24, 2.45) is 0 Å². The number of likely N-dealkylation sites (tertiary alicyclic amines) is 1. The maximum Gasteiger partial charge on any atom is 0.257 e. The minimum Gasteiger partial charge on any atom is -0.346 e. The van der Waals surface area contributed by atoms with Gasteiger partial charge in [0.05, 0.1) is 25.3 Å². The van der Waals surface area contributed by atoms with Crippen molar-refractivity contribution in [3.05, 3.63) is 35.6 Å². The van der Waals surface area contributed by atoms with E-state index in [1.54, 1.807) is 17.0 Å². The van der Waals surface area contributed by atoms with Crippen LogP contribution in [0.3, 0.4) is 0 Å². The number of halogens is 1. The summed E-state index contributed by atoms with van der Waals surface area (Å²) in [5, 5.41) is 0. The van der Waals surface area contributed by atoms with Gasteiger partial charge in [-0.3, -0.25) is 4.79 Å². The summed E-state index contributed by atoms with van der Waals surface area (Å²) in [5.41, 5.74) is 0.109. The van der Waals surface area contributed by atoms with Crippen LogP contribution in [0.2, 0.25) is 0 Å². The van der Waals surface area contributed by atoms with E-state index in [0.717, 1.165) is 12.8 Å². The van der Waals surface area contributed by atoms with Gasteiger partial charge in [-0.25, -0.2) is 4.39 Å². The van der Waals surface area contributed by atoms with E-state index in [1.807, 2.05) is 0 Å². The topological polar surface area (TPSA) is 38.8 Å². The fraction of sp³-hybridized carbons (Fsp3) is 0.500. The Balaban J connectivity index is 1.78. The molecule has 3 rings (SSSR count). The Bertz CT molecular complexity index is 485. The second-order valence-corrected chi connectivity index (χ2v) is 4.92. The summed E-state index contributed by atoms with van der Waals surface area (Å²) < 4.78 is 24.9. The van der Waals surface area contributed by atoms with Gasteiger partial charge < -0.3 is 14.4 Å². The summed E-state index contributed by atoms with van der Waals surface area (Å²) >= 11 is 0. The van der Waals surface area contributed by atoms with E-state index in [-0.39, 0.29) is 11.5 Å². The Morgan fingerprint density at radius 3 is 2.74 bits per heavy atom. The first-order chi connectivity index (χ1) is 9.20. The molecule has 2 fully saturated rings. The Morgan fingerprint density at radius 1 is 1.26 bits per heavy atom. The highest BCUT2D eigenvalue weighted by Gasteiger charge is 2.42. The molecule has 0 N–H and O–H groups in total. The van der Waals surface area contributed by atoms with Crippen LogP contribution in [0.25, 0.3) is 0 Å². The molecular weight excluding hydrogens is 249 g/mol. The van der Waals surface area contributed by atoms with Gasteiger partial charge >= 0.3 is 0 Å². The van der Waals surface area contributed by atoms with E-state index in [1.165, 1.54) is 12.1 Å². The predicted octanol–water partition coefficient (Wildman–Crippen LogP) is 1.80. The van der Waals surface area contributed by atoms with Crippen molar-refractivity contribution >= 4 is 5.91 Å². The van der Waals surface area contributed by atoms with Gasteiger partial charge in [-0.2, -0.15) is 0 Å². The Hall–Kier alpha value is -1.46. The lowest BCUT2D eigenvalue weighted by Crippen LogP contribution is -2.51. The van der Waals surface area contributed by atoms with Crippen molar-refractivity contribution in [2.75, 3.05) is 26.3 Å². The highest BCUT2D eigenvalue weighted by molar-refractivity contribution is 5.94. The molecule has 2 saturated heterocycles. The lowest BCUT2D eigenvalue weighted by Gasteiger charge is -2.38. The van der Waals surface area contributed by atoms with Crippen LogP contribution in [0.15, 0.2) is 24.3 Å². The Kier molecular flexibility index (Phi) is 3.24. The number of piperidine rings is 1. The third-order valence-corrected chi connectivity index (χ3v) is 3.62. The van der Waals surface area contributed by atoms with E-state index in [9.17, 15) is 9.18 Å². The van der Waals surface area contributed by atoms with E-state index in [4.69, 9.17) is 9.47 Å². The number of hydrogen-bond acceptors (Lipinski definition) is 3. The second-order valence-electron chi connectivity index (χ2n) is 4.92. The first-order valence-corrected chi connectivity index (χ1v) is 6.52. The minimum atomic E-state index is -0.667. The van der Waals surface area contributed by atoms with Crippen LogP contribution in [0.1, 0.15) is 23.2 Å². The van der Waals surface area contributed by atoms with Crippen LogP contribution in [-0.2, 0) is 9.47 Å². The molecule has 5 heteroatoms. The summed E-state index contributed by atoms with van der Waals surface area (Å²) in [4.78, 5) is 14.0. The molecule has 0 aromatic heterocycles. The molecule has 4 nitrogen and oxygen atoms in total. The molecule has 2 aliphatic heterocycles. The highest BCUT2D eigenvalue weighted by Crippen LogP contribution is 2.30. The molecule has 0 aliphatic carbocycles. The summed E-state index contributed by atoms with van der Waals surface area (Å²) in [6.07, 6.45) is 1.59. The molecule has 0 atom stereocenters. The standard InChI is InChI=1S/C14H16FNO3/c15-12-5-2-1-4-11(12)13(17)16-7-3-6-14(10-16)18-8-9-19-14/h1-2,4-5H,3,6-10H2. The largest absolute Gasteiger partial charge is 0.346 e. The first-order valence-electron chi connectivity index (χ1n) is 6.52. The van der Waals surface area contributed by atoms with Crippen molar-refractivity contribution in [2.45, 2.75) is 18.6 Å². The summed E-state index contributed by atoms with van der Waals surface area (Å²) in [5.74, 6) is -1.45. The highest BCUT2D eigenvalue weighted by atomic mass is 19.1. The van der Waals surface area contributed by atoms with Gasteiger partial charge in [0, 0.05) is 13.0 Å². The summed E-state index contributed by atoms with van der Waals surface area (Å²) in [6, 6.07) is 6.05. The zero-order valence-electron chi connectivity index (χ0n) is 10.6. The molecule has 0 saturated carbocycles. The second kappa shape index (κ2) is 4.90. The van der Waals surface area contributed by atoms with E-state index >= 15 is 0 Å². The molecule has 0 bridgehead atoms. The number of benzene rings is 1. The molecule has 2 aliphatic rings. The van der Waals surface area contributed by atoms with E-state index in [2.05, 4.69) is 0 Å². The molecule has 1 spiro atoms. The molecule has 2 heterocycles. The van der Waals surface area contributed by atoms with Crippen molar-refractivity contribution in [3.8, 4) is 0 Å². The quantitative estimate of drug-likeness (QED) is 0.777. The summed E-state index contributed by atoms with van der Waals surface area (Å²) in [6.45, 7) is 2.10. The van der Waals surface area contributed by atoms with Crippen LogP contribution in [-0.4, -0.2) is 42.9 Å². The SMILES string of the molecule is O=C(c1ccccc1F)N1CCCC2(C1)OCCO2. The third kappa shape index (κ3) is 2.35. The average molecular weight is 265 g/mol. The van der Waals surface area contributed by atoms with Gasteiger partial charge in [-0.1, -0.05) is 12.1 Å². The molecule has 1 aromatic carbocycles. The third-order valence-electron chi connectivity index (χ3n) is 3.62. The first kappa shape index (κ1) is 12.6. The molecule has 1 aromatic rings. The zero-order chi connectivity index (χ0) is 13.3. The Labute approximate surface area is 111 Å². The summed E-state index contributed by atoms with van der Waals surface area (Å²) in [7, 11) is 0. The van der Waals surface area contributed by atoms with E-state index in [0.29, 0.717) is 26.3 Å². The number of carbonyl (C=O) groups is 1. The van der Waals surface area contributed by atoms with Gasteiger partial charge in [0.2, 0.25) is 0 Å². The van der Waals surface area contributed by atoms with Crippen LogP contribution < -0.4 is 0 Å². The molecule has 0 unspecified atom stereocenters. The van der Waals surface area contributed by atoms with Crippen molar-refractivity contribution in [1.29, 1.82) is 0 Å². The lowest BCUT2D eigenvalue weighted by atomic mass is 10.0. The fourth-order valence-corrected chi connectivity index (χ4v) is 2.70. The minimum absolute atomic E-state index is 0.109. The van der Waals surface area contributed by atoms with Crippen LogP contribution in [0, 0.1) is 5.82 Å². The molecule has 19 heavy (non-hydrogen) atoms. The monoisotopic (exact) mass is 265 g/mol. The van der Waals surface area contributed by atoms with Gasteiger partial charge in [0.25, 0.3) is 5.91 Å². The molecule has 1 amide bonds. The number of ether oxygens (including phenoxy) is 2. The van der Waals surface area contributed by atoms with Gasteiger partial charge in [0.1, 0.15) is 5.82 Å². The number of nitrogens with zero attached hydrogens (tertiary/aromatic N) is 1.